The molecule has 0 aliphatic carbocycles. The van der Waals surface area contributed by atoms with Gasteiger partial charge in [0.05, 0.1) is 52.2 Å². The smallest absolute Gasteiger partial charge is 0.219 e. The maximum atomic E-state index is 12.4. The van der Waals surface area contributed by atoms with E-state index < -0.39 is 6.04 Å². The third-order valence-corrected chi connectivity index (χ3v) is 13.7. The Balaban J connectivity index is 0.000000199. The van der Waals surface area contributed by atoms with Gasteiger partial charge >= 0.3 is 0 Å². The van der Waals surface area contributed by atoms with Crippen LogP contribution in [0.25, 0.3) is 65.8 Å². The average Bonchev–Trinajstić information content (AvgIpc) is 4.17. The molecule has 80 heavy (non-hydrogen) atoms. The van der Waals surface area contributed by atoms with Gasteiger partial charge in [0, 0.05) is 88.4 Å². The van der Waals surface area contributed by atoms with Crippen LogP contribution in [0.3, 0.4) is 0 Å². The summed E-state index contributed by atoms with van der Waals surface area (Å²) in [5, 5.41) is 5.73. The van der Waals surface area contributed by atoms with Gasteiger partial charge in [-0.3, -0.25) is 14.4 Å². The Bertz CT molecular complexity index is 3680. The number of aromatic nitrogens is 9. The number of nitrogens with one attached hydrogen (secondary N) is 1. The quantitative estimate of drug-likeness (QED) is 0.0389. The SMILES string of the molecule is CC(=O)CCc1nc2c(N)nc3ccccc3c2n1CCCN.CC(=O)NCCn1c(CN)nc2c(N)nc3ccccc3c21.CCN(Cc1nc2c(N)nc3ccccc3c2n1CCCCC(=O)[C@@H](N)CCC(C)=O)C(C)=O.S. The fourth-order valence-corrected chi connectivity index (χ4v) is 9.68. The minimum absolute atomic E-state index is 0. The van der Waals surface area contributed by atoms with Crippen LogP contribution in [-0.2, 0) is 63.1 Å². The summed E-state index contributed by atoms with van der Waals surface area (Å²) in [7, 11) is 0. The summed E-state index contributed by atoms with van der Waals surface area (Å²) in [5.74, 6) is 3.58. The van der Waals surface area contributed by atoms with E-state index in [2.05, 4.69) is 39.4 Å². The van der Waals surface area contributed by atoms with Crippen LogP contribution < -0.4 is 39.7 Å². The number of benzene rings is 3. The summed E-state index contributed by atoms with van der Waals surface area (Å²) in [6.45, 7) is 12.4. The molecule has 0 aliphatic rings. The van der Waals surface area contributed by atoms with Gasteiger partial charge in [0.15, 0.2) is 17.5 Å². The van der Waals surface area contributed by atoms with E-state index in [9.17, 15) is 24.0 Å². The number of ketones is 3. The van der Waals surface area contributed by atoms with E-state index in [1.165, 1.54) is 13.8 Å². The minimum atomic E-state index is -0.600. The maximum Gasteiger partial charge on any atom is 0.219 e. The Morgan fingerprint density at radius 3 is 1.48 bits per heavy atom. The zero-order valence-corrected chi connectivity index (χ0v) is 47.3. The molecule has 23 heteroatoms. The molecule has 0 radical (unpaired) electrons. The lowest BCUT2D eigenvalue weighted by Gasteiger charge is -2.19. The van der Waals surface area contributed by atoms with Crippen LogP contribution in [0.2, 0.25) is 0 Å². The number of hydrogen-bond acceptors (Lipinski definition) is 17. The highest BCUT2D eigenvalue weighted by Crippen LogP contribution is 2.32. The van der Waals surface area contributed by atoms with Crippen LogP contribution in [-0.4, -0.2) is 103 Å². The van der Waals surface area contributed by atoms with Gasteiger partial charge in [-0.25, -0.2) is 29.9 Å². The van der Waals surface area contributed by atoms with Crippen molar-refractivity contribution < 1.29 is 24.0 Å². The second kappa shape index (κ2) is 28.2. The number of nitrogens with two attached hydrogens (primary N) is 6. The number of pyridine rings is 3. The van der Waals surface area contributed by atoms with Crippen molar-refractivity contribution in [2.75, 3.05) is 36.8 Å². The summed E-state index contributed by atoms with van der Waals surface area (Å²) >= 11 is 0. The van der Waals surface area contributed by atoms with E-state index in [0.717, 1.165) is 86.1 Å². The van der Waals surface area contributed by atoms with Crippen molar-refractivity contribution in [3.05, 3.63) is 90.3 Å². The molecule has 3 aromatic carbocycles. The number of imidazole rings is 3. The highest BCUT2D eigenvalue weighted by Gasteiger charge is 2.22. The summed E-state index contributed by atoms with van der Waals surface area (Å²) in [4.78, 5) is 87.0. The van der Waals surface area contributed by atoms with Crippen molar-refractivity contribution in [1.82, 2.24) is 53.8 Å². The molecule has 424 valence electrons. The molecule has 0 bridgehead atoms. The number of fused-ring (bicyclic) bond motifs is 9. The Labute approximate surface area is 470 Å². The van der Waals surface area contributed by atoms with Gasteiger partial charge in [-0.1, -0.05) is 54.6 Å². The van der Waals surface area contributed by atoms with Gasteiger partial charge in [-0.2, -0.15) is 13.5 Å². The molecule has 6 heterocycles. The first-order valence-electron chi connectivity index (χ1n) is 26.7. The van der Waals surface area contributed by atoms with E-state index in [-0.39, 0.29) is 42.7 Å². The number of aryl methyl sites for hydroxylation is 3. The predicted molar refractivity (Wildman–Crippen MR) is 321 cm³/mol. The number of para-hydroxylation sites is 3. The molecule has 1 atom stereocenters. The lowest BCUT2D eigenvalue weighted by atomic mass is 10.0. The Morgan fingerprint density at radius 1 is 0.575 bits per heavy atom. The van der Waals surface area contributed by atoms with Gasteiger partial charge in [0.1, 0.15) is 51.4 Å². The number of unbranched alkanes of at least 4 members (excludes halogenated alkanes) is 1. The molecule has 6 aromatic heterocycles. The van der Waals surface area contributed by atoms with Gasteiger partial charge in [-0.05, 0) is 71.2 Å². The van der Waals surface area contributed by atoms with Crippen molar-refractivity contribution >= 4 is 126 Å². The Kier molecular flexibility index (Phi) is 21.5. The van der Waals surface area contributed by atoms with Crippen LogP contribution in [0.15, 0.2) is 72.8 Å². The zero-order valence-electron chi connectivity index (χ0n) is 46.3. The molecule has 22 nitrogen and oxygen atoms in total. The van der Waals surface area contributed by atoms with Crippen LogP contribution in [0.1, 0.15) is 97.0 Å². The largest absolute Gasteiger partial charge is 0.382 e. The van der Waals surface area contributed by atoms with Crippen molar-refractivity contribution in [2.45, 2.75) is 125 Å². The molecule has 0 fully saturated rings. The molecule has 13 N–H and O–H groups in total. The monoisotopic (exact) mass is 1110 g/mol. The number of Topliss-reactive ketones (excluding diaryl/α,β-unsaturated/α-hetero) is 3. The number of carbonyl (C=O) groups excluding carboxylic acids is 5. The highest BCUT2D eigenvalue weighted by molar-refractivity contribution is 7.59. The summed E-state index contributed by atoms with van der Waals surface area (Å²) in [5.41, 5.74) is 43.1. The highest BCUT2D eigenvalue weighted by atomic mass is 32.1. The normalized spacial score (nSPS) is 11.6. The summed E-state index contributed by atoms with van der Waals surface area (Å²) in [6.07, 6.45) is 4.37. The first-order chi connectivity index (χ1) is 37.9. The van der Waals surface area contributed by atoms with Crippen molar-refractivity contribution in [1.29, 1.82) is 0 Å². The minimum Gasteiger partial charge on any atom is -0.382 e. The topological polar surface area (TPSA) is 349 Å². The standard InChI is InChI=1S/C25H34N6O3.C17H21N5O.C15H18N6O.H2S/c1-4-30(17(3)33)15-22-29-23-24(18-9-5-6-10-20(18)28-25(23)27)31(22)14-8-7-11-21(34)19(26)13-12-16(2)32;1-11(23)7-8-14-21-15-16(22(14)10-4-9-18)12-5-2-3-6-13(12)20-17(15)19;1-9(22)18-6-7-21-12(8-16)20-13-14(21)10-4-2-3-5-11(10)19-15(13)17;/h5-6,9-10,19H,4,7-8,11-15,26H2,1-3H3,(H2,27,28);2-3,5-6H,4,7-10,18H2,1H3,(H2,19,20);2-5H,6-8,16H2,1H3,(H2,17,19)(H,18,22);1H2/t19-;;;/m0.../s1. The number of rotatable bonds is 22. The lowest BCUT2D eigenvalue weighted by Crippen LogP contribution is -2.30. The maximum absolute atomic E-state index is 12.4. The number of hydrogen-bond donors (Lipinski definition) is 7. The molecule has 0 saturated carbocycles. The zero-order chi connectivity index (χ0) is 56.9. The second-order valence-corrected chi connectivity index (χ2v) is 19.5. The first kappa shape index (κ1) is 61.1. The van der Waals surface area contributed by atoms with Crippen molar-refractivity contribution in [3.63, 3.8) is 0 Å². The Hall–Kier alpha value is -8.12. The summed E-state index contributed by atoms with van der Waals surface area (Å²) < 4.78 is 6.25. The van der Waals surface area contributed by atoms with Crippen LogP contribution >= 0.6 is 13.5 Å². The fourth-order valence-electron chi connectivity index (χ4n) is 9.68. The van der Waals surface area contributed by atoms with Gasteiger partial charge in [-0.15, -0.1) is 0 Å². The molecule has 0 spiro atoms. The average molecular weight is 1110 g/mol. The molecule has 2 amide bonds. The van der Waals surface area contributed by atoms with Gasteiger partial charge in [0.2, 0.25) is 11.8 Å². The van der Waals surface area contributed by atoms with E-state index in [1.54, 1.807) is 18.7 Å². The molecular weight excluding hydrogens is 1030 g/mol. The first-order valence-corrected chi connectivity index (χ1v) is 26.7. The second-order valence-electron chi connectivity index (χ2n) is 19.5. The number of amides is 2. The Morgan fingerprint density at radius 2 is 1.02 bits per heavy atom. The number of nitrogen functional groups attached to an aromatic ring is 3. The van der Waals surface area contributed by atoms with Crippen LogP contribution in [0, 0.1) is 0 Å². The van der Waals surface area contributed by atoms with Crippen LogP contribution in [0.5, 0.6) is 0 Å². The fraction of sp³-hybridized carbons (Fsp3) is 0.386. The van der Waals surface area contributed by atoms with E-state index in [1.807, 2.05) is 84.3 Å². The molecule has 0 unspecified atom stereocenters. The third-order valence-electron chi connectivity index (χ3n) is 13.7. The van der Waals surface area contributed by atoms with Crippen LogP contribution in [0.4, 0.5) is 17.5 Å². The van der Waals surface area contributed by atoms with Crippen molar-refractivity contribution in [3.8, 4) is 0 Å². The third kappa shape index (κ3) is 14.4. The van der Waals surface area contributed by atoms with E-state index >= 15 is 0 Å². The summed E-state index contributed by atoms with van der Waals surface area (Å²) in [6, 6.07) is 22.8. The molecule has 0 aliphatic heterocycles. The molecular formula is C57H75N17O5S. The van der Waals surface area contributed by atoms with Gasteiger partial charge in [0.25, 0.3) is 0 Å². The number of nitrogens with zero attached hydrogens (tertiary/aromatic N) is 10. The van der Waals surface area contributed by atoms with Gasteiger partial charge < -0.3 is 67.9 Å². The number of carbonyl (C=O) groups is 5. The molecule has 0 saturated heterocycles. The van der Waals surface area contributed by atoms with E-state index in [4.69, 9.17) is 39.4 Å². The van der Waals surface area contributed by atoms with Crippen molar-refractivity contribution in [2.24, 2.45) is 17.2 Å². The van der Waals surface area contributed by atoms with E-state index in [0.29, 0.717) is 118 Å². The lowest BCUT2D eigenvalue weighted by molar-refractivity contribution is -0.129. The molecule has 9 rings (SSSR count). The predicted octanol–water partition coefficient (Wildman–Crippen LogP) is 5.88. The molecule has 9 aromatic rings. The number of anilines is 3.